The van der Waals surface area contributed by atoms with Crippen molar-refractivity contribution >= 4 is 70.2 Å². The van der Waals surface area contributed by atoms with Gasteiger partial charge in [0.25, 0.3) is 5.91 Å². The van der Waals surface area contributed by atoms with Crippen molar-refractivity contribution in [3.05, 3.63) is 69.7 Å². The van der Waals surface area contributed by atoms with E-state index in [1.165, 1.54) is 29.3 Å². The highest BCUT2D eigenvalue weighted by Crippen LogP contribution is 2.30. The van der Waals surface area contributed by atoms with Crippen molar-refractivity contribution in [2.24, 2.45) is 5.10 Å². The first kappa shape index (κ1) is 21.1. The molecule has 0 saturated heterocycles. The molecule has 0 unspecified atom stereocenters. The monoisotopic (exact) mass is 468 g/mol. The fourth-order valence-corrected chi connectivity index (χ4v) is 5.03. The van der Waals surface area contributed by atoms with Crippen LogP contribution in [0.4, 0.5) is 0 Å². The number of nitrogens with zero attached hydrogens (tertiary/aromatic N) is 3. The molecule has 1 aromatic heterocycles. The van der Waals surface area contributed by atoms with Crippen LogP contribution in [0.1, 0.15) is 11.1 Å². The third-order valence-corrected chi connectivity index (χ3v) is 7.15. The number of rotatable bonds is 8. The van der Waals surface area contributed by atoms with Crippen molar-refractivity contribution < 1.29 is 4.79 Å². The first-order valence-corrected chi connectivity index (χ1v) is 11.5. The average molecular weight is 469 g/mol. The molecule has 0 radical (unpaired) electrons. The van der Waals surface area contributed by atoms with Gasteiger partial charge in [-0.15, -0.1) is 10.2 Å². The van der Waals surface area contributed by atoms with E-state index in [2.05, 4.69) is 20.7 Å². The fraction of sp³-hybridized carbons (Fsp3) is 0.111. The number of nitrogens with one attached hydrogen (secondary N) is 1. The molecule has 5 nitrogen and oxygen atoms in total. The third-order valence-electron chi connectivity index (χ3n) is 3.29. The highest BCUT2D eigenvalue weighted by Gasteiger charge is 2.08. The SMILES string of the molecule is O=C(CSc1nnc(SCc2ccc(Cl)cc2)s1)N/N=C\c1ccccc1Cl. The Labute approximate surface area is 184 Å². The average Bonchev–Trinajstić information content (AvgIpc) is 3.15. The summed E-state index contributed by atoms with van der Waals surface area (Å²) in [4.78, 5) is 11.9. The zero-order chi connectivity index (χ0) is 19.8. The van der Waals surface area contributed by atoms with Crippen molar-refractivity contribution in [3.8, 4) is 0 Å². The summed E-state index contributed by atoms with van der Waals surface area (Å²) in [5.74, 6) is 0.767. The number of halogens is 2. The lowest BCUT2D eigenvalue weighted by Gasteiger charge is -1.99. The minimum absolute atomic E-state index is 0.205. The second-order valence-electron chi connectivity index (χ2n) is 5.35. The largest absolute Gasteiger partial charge is 0.272 e. The lowest BCUT2D eigenvalue weighted by molar-refractivity contribution is -0.118. The summed E-state index contributed by atoms with van der Waals surface area (Å²) in [6.07, 6.45) is 1.52. The molecule has 0 fully saturated rings. The normalized spacial score (nSPS) is 11.1. The van der Waals surface area contributed by atoms with Gasteiger partial charge in [-0.2, -0.15) is 5.10 Å². The second kappa shape index (κ2) is 10.8. The first-order chi connectivity index (χ1) is 13.6. The Balaban J connectivity index is 1.41. The minimum atomic E-state index is -0.223. The number of hydrogen-bond acceptors (Lipinski definition) is 7. The number of aromatic nitrogens is 2. The standard InChI is InChI=1S/C18H14Cl2N4OS3/c19-14-7-5-12(6-8-14)10-26-17-23-24-18(28-17)27-11-16(25)22-21-9-13-3-1-2-4-15(13)20/h1-9H,10-11H2,(H,22,25)/b21-9-. The van der Waals surface area contributed by atoms with Gasteiger partial charge in [-0.3, -0.25) is 4.79 Å². The zero-order valence-electron chi connectivity index (χ0n) is 14.3. The molecular formula is C18H14Cl2N4OS3. The van der Waals surface area contributed by atoms with Crippen molar-refractivity contribution in [2.75, 3.05) is 5.75 Å². The maximum Gasteiger partial charge on any atom is 0.250 e. The summed E-state index contributed by atoms with van der Waals surface area (Å²) in [6.45, 7) is 0. The molecule has 0 aliphatic heterocycles. The molecule has 2 aromatic carbocycles. The zero-order valence-corrected chi connectivity index (χ0v) is 18.3. The Morgan fingerprint density at radius 1 is 1.07 bits per heavy atom. The van der Waals surface area contributed by atoms with Gasteiger partial charge in [0, 0.05) is 21.4 Å². The third kappa shape index (κ3) is 6.79. The first-order valence-electron chi connectivity index (χ1n) is 8.00. The predicted molar refractivity (Wildman–Crippen MR) is 119 cm³/mol. The number of hydrogen-bond donors (Lipinski definition) is 1. The molecule has 0 saturated carbocycles. The van der Waals surface area contributed by atoms with Crippen LogP contribution in [0.2, 0.25) is 10.0 Å². The Hall–Kier alpha value is -1.58. The highest BCUT2D eigenvalue weighted by molar-refractivity contribution is 8.03. The highest BCUT2D eigenvalue weighted by atomic mass is 35.5. The molecule has 10 heteroatoms. The molecule has 28 heavy (non-hydrogen) atoms. The van der Waals surface area contributed by atoms with Gasteiger partial charge in [0.2, 0.25) is 0 Å². The van der Waals surface area contributed by atoms with Crippen LogP contribution >= 0.6 is 58.1 Å². The van der Waals surface area contributed by atoms with Gasteiger partial charge in [-0.05, 0) is 23.8 Å². The lowest BCUT2D eigenvalue weighted by Crippen LogP contribution is -2.19. The van der Waals surface area contributed by atoms with Crippen molar-refractivity contribution in [1.29, 1.82) is 0 Å². The van der Waals surface area contributed by atoms with E-state index >= 15 is 0 Å². The molecule has 0 aliphatic rings. The molecule has 1 amide bonds. The van der Waals surface area contributed by atoms with E-state index < -0.39 is 0 Å². The lowest BCUT2D eigenvalue weighted by atomic mass is 10.2. The van der Waals surface area contributed by atoms with E-state index in [1.807, 2.05) is 42.5 Å². The summed E-state index contributed by atoms with van der Waals surface area (Å²) in [5, 5.41) is 13.5. The summed E-state index contributed by atoms with van der Waals surface area (Å²) >= 11 is 16.3. The Kier molecular flexibility index (Phi) is 8.17. The van der Waals surface area contributed by atoms with Gasteiger partial charge < -0.3 is 0 Å². The van der Waals surface area contributed by atoms with Gasteiger partial charge >= 0.3 is 0 Å². The van der Waals surface area contributed by atoms with Crippen LogP contribution in [0.15, 0.2) is 62.3 Å². The van der Waals surface area contributed by atoms with E-state index in [0.717, 1.165) is 30.6 Å². The molecule has 1 heterocycles. The van der Waals surface area contributed by atoms with Crippen LogP contribution in [0, 0.1) is 0 Å². The Morgan fingerprint density at radius 2 is 1.79 bits per heavy atom. The number of thioether (sulfide) groups is 2. The van der Waals surface area contributed by atoms with E-state index in [4.69, 9.17) is 23.2 Å². The second-order valence-corrected chi connectivity index (χ2v) is 9.62. The molecular weight excluding hydrogens is 455 g/mol. The number of hydrazone groups is 1. The molecule has 144 valence electrons. The van der Waals surface area contributed by atoms with E-state index in [9.17, 15) is 4.79 Å². The summed E-state index contributed by atoms with van der Waals surface area (Å²) in [6, 6.07) is 15.0. The van der Waals surface area contributed by atoms with Crippen LogP contribution in [0.5, 0.6) is 0 Å². The topological polar surface area (TPSA) is 67.2 Å². The Morgan fingerprint density at radius 3 is 2.54 bits per heavy atom. The molecule has 0 spiro atoms. The van der Waals surface area contributed by atoms with Crippen LogP contribution in [-0.2, 0) is 10.5 Å². The van der Waals surface area contributed by atoms with Crippen LogP contribution < -0.4 is 5.43 Å². The smallest absolute Gasteiger partial charge is 0.250 e. The maximum absolute atomic E-state index is 11.9. The van der Waals surface area contributed by atoms with E-state index in [1.54, 1.807) is 17.8 Å². The van der Waals surface area contributed by atoms with Gasteiger partial charge in [0.05, 0.1) is 12.0 Å². The van der Waals surface area contributed by atoms with Gasteiger partial charge in [-0.25, -0.2) is 5.43 Å². The van der Waals surface area contributed by atoms with E-state index in [-0.39, 0.29) is 11.7 Å². The minimum Gasteiger partial charge on any atom is -0.272 e. The number of amides is 1. The molecule has 0 atom stereocenters. The van der Waals surface area contributed by atoms with Crippen LogP contribution in [-0.4, -0.2) is 28.1 Å². The molecule has 3 aromatic rings. The number of carbonyl (C=O) groups excluding carboxylic acids is 1. The summed E-state index contributed by atoms with van der Waals surface area (Å²) in [7, 11) is 0. The molecule has 3 rings (SSSR count). The quantitative estimate of drug-likeness (QED) is 0.273. The molecule has 1 N–H and O–H groups in total. The van der Waals surface area contributed by atoms with Gasteiger partial charge in [-0.1, -0.05) is 88.4 Å². The van der Waals surface area contributed by atoms with Crippen LogP contribution in [0.25, 0.3) is 0 Å². The van der Waals surface area contributed by atoms with Crippen LogP contribution in [0.3, 0.4) is 0 Å². The van der Waals surface area contributed by atoms with Crippen molar-refractivity contribution in [1.82, 2.24) is 15.6 Å². The van der Waals surface area contributed by atoms with Gasteiger partial charge in [0.15, 0.2) is 8.68 Å². The fourth-order valence-electron chi connectivity index (χ4n) is 1.95. The molecule has 0 aliphatic carbocycles. The predicted octanol–water partition coefficient (Wildman–Crippen LogP) is 5.38. The molecule has 0 bridgehead atoms. The maximum atomic E-state index is 11.9. The number of carbonyl (C=O) groups is 1. The summed E-state index contributed by atoms with van der Waals surface area (Å²) < 4.78 is 1.60. The van der Waals surface area contributed by atoms with Crippen molar-refractivity contribution in [3.63, 3.8) is 0 Å². The van der Waals surface area contributed by atoms with E-state index in [0.29, 0.717) is 5.02 Å². The number of benzene rings is 2. The van der Waals surface area contributed by atoms with Crippen molar-refractivity contribution in [2.45, 2.75) is 14.4 Å². The Bertz CT molecular complexity index is 963. The van der Waals surface area contributed by atoms with Gasteiger partial charge in [0.1, 0.15) is 0 Å². The summed E-state index contributed by atoms with van der Waals surface area (Å²) in [5.41, 5.74) is 4.38.